The molecule has 72 valence electrons. The second-order valence-corrected chi connectivity index (χ2v) is 2.67. The maximum Gasteiger partial charge on any atom is 0.123 e. The van der Waals surface area contributed by atoms with Crippen molar-refractivity contribution >= 4 is 0 Å². The van der Waals surface area contributed by atoms with E-state index in [4.69, 9.17) is 9.47 Å². The molecule has 0 aromatic heterocycles. The molecule has 0 aliphatic rings. The zero-order valence-corrected chi connectivity index (χ0v) is 8.04. The van der Waals surface area contributed by atoms with Crippen molar-refractivity contribution in [1.82, 2.24) is 5.32 Å². The van der Waals surface area contributed by atoms with Crippen molar-refractivity contribution in [2.75, 3.05) is 21.0 Å². The number of hydrogen-bond donors (Lipinski definition) is 1. The maximum absolute atomic E-state index is 5.20. The van der Waals surface area contributed by atoms with E-state index in [0.29, 0.717) is 6.73 Å². The predicted octanol–water partition coefficient (Wildman–Crippen LogP) is 1.39. The third kappa shape index (κ3) is 3.05. The molecule has 3 heteroatoms. The van der Waals surface area contributed by atoms with E-state index in [1.807, 2.05) is 24.3 Å². The summed E-state index contributed by atoms with van der Waals surface area (Å²) in [6, 6.07) is 7.93. The van der Waals surface area contributed by atoms with E-state index in [2.05, 4.69) is 5.32 Å². The normalized spacial score (nSPS) is 10.0. The summed E-state index contributed by atoms with van der Waals surface area (Å²) in [7, 11) is 3.34. The predicted molar refractivity (Wildman–Crippen MR) is 51.7 cm³/mol. The van der Waals surface area contributed by atoms with Crippen LogP contribution in [0, 0.1) is 0 Å². The maximum atomic E-state index is 5.20. The Bertz CT molecular complexity index is 250. The Labute approximate surface area is 78.7 Å². The fourth-order valence-electron chi connectivity index (χ4n) is 1.14. The van der Waals surface area contributed by atoms with Gasteiger partial charge in [0.25, 0.3) is 0 Å². The van der Waals surface area contributed by atoms with Crippen molar-refractivity contribution in [3.05, 3.63) is 29.8 Å². The Hall–Kier alpha value is -1.06. The average molecular weight is 181 g/mol. The van der Waals surface area contributed by atoms with Gasteiger partial charge in [0.05, 0.1) is 13.8 Å². The Balaban J connectivity index is 2.54. The van der Waals surface area contributed by atoms with E-state index in [-0.39, 0.29) is 0 Å². The molecule has 0 spiro atoms. The molecule has 0 radical (unpaired) electrons. The second-order valence-electron chi connectivity index (χ2n) is 2.67. The molecule has 0 heterocycles. The Kier molecular flexibility index (Phi) is 4.29. The van der Waals surface area contributed by atoms with Crippen LogP contribution >= 0.6 is 0 Å². The third-order valence-electron chi connectivity index (χ3n) is 1.75. The molecule has 3 nitrogen and oxygen atoms in total. The van der Waals surface area contributed by atoms with Crippen molar-refractivity contribution < 1.29 is 9.47 Å². The minimum absolute atomic E-state index is 0.554. The number of rotatable bonds is 5. The van der Waals surface area contributed by atoms with Gasteiger partial charge in [-0.1, -0.05) is 18.2 Å². The van der Waals surface area contributed by atoms with Crippen molar-refractivity contribution in [3.8, 4) is 5.75 Å². The van der Waals surface area contributed by atoms with Gasteiger partial charge in [-0.25, -0.2) is 0 Å². The molecule has 1 N–H and O–H groups in total. The zero-order valence-electron chi connectivity index (χ0n) is 8.04. The topological polar surface area (TPSA) is 30.5 Å². The lowest BCUT2D eigenvalue weighted by Gasteiger charge is -2.08. The van der Waals surface area contributed by atoms with E-state index in [1.165, 1.54) is 0 Å². The average Bonchev–Trinajstić information content (AvgIpc) is 2.19. The molecule has 0 amide bonds. The number of para-hydroxylation sites is 1. The summed E-state index contributed by atoms with van der Waals surface area (Å²) >= 11 is 0. The van der Waals surface area contributed by atoms with E-state index in [1.54, 1.807) is 14.2 Å². The molecule has 13 heavy (non-hydrogen) atoms. The van der Waals surface area contributed by atoms with Gasteiger partial charge in [-0.3, -0.25) is 5.32 Å². The SMILES string of the molecule is COCNCc1ccccc1OC. The molecule has 1 aromatic rings. The number of hydrogen-bond acceptors (Lipinski definition) is 3. The number of ether oxygens (including phenoxy) is 2. The molecule has 0 fully saturated rings. The van der Waals surface area contributed by atoms with Crippen molar-refractivity contribution in [1.29, 1.82) is 0 Å². The smallest absolute Gasteiger partial charge is 0.123 e. The fourth-order valence-corrected chi connectivity index (χ4v) is 1.14. The molecule has 0 atom stereocenters. The molecule has 1 aromatic carbocycles. The highest BCUT2D eigenvalue weighted by molar-refractivity contribution is 5.32. The number of benzene rings is 1. The van der Waals surface area contributed by atoms with Crippen molar-refractivity contribution in [2.45, 2.75) is 6.54 Å². The first-order valence-electron chi connectivity index (χ1n) is 4.20. The first-order chi connectivity index (χ1) is 6.38. The minimum Gasteiger partial charge on any atom is -0.496 e. The molecule has 0 aliphatic carbocycles. The third-order valence-corrected chi connectivity index (χ3v) is 1.75. The number of nitrogens with one attached hydrogen (secondary N) is 1. The highest BCUT2D eigenvalue weighted by atomic mass is 16.5. The summed E-state index contributed by atoms with van der Waals surface area (Å²) in [6.07, 6.45) is 0. The van der Waals surface area contributed by atoms with Gasteiger partial charge in [-0.2, -0.15) is 0 Å². The standard InChI is InChI=1S/C10H15NO2/c1-12-8-11-7-9-5-3-4-6-10(9)13-2/h3-6,11H,7-8H2,1-2H3. The summed E-state index contributed by atoms with van der Waals surface area (Å²) < 4.78 is 10.1. The first-order valence-corrected chi connectivity index (χ1v) is 4.20. The lowest BCUT2D eigenvalue weighted by molar-refractivity contribution is 0.174. The lowest BCUT2D eigenvalue weighted by atomic mass is 10.2. The van der Waals surface area contributed by atoms with Gasteiger partial charge in [0.1, 0.15) is 5.75 Å². The van der Waals surface area contributed by atoms with Crippen LogP contribution in [0.2, 0.25) is 0 Å². The van der Waals surface area contributed by atoms with Crippen molar-refractivity contribution in [3.63, 3.8) is 0 Å². The largest absolute Gasteiger partial charge is 0.496 e. The Morgan fingerprint density at radius 2 is 2.00 bits per heavy atom. The van der Waals surface area contributed by atoms with Crippen LogP contribution in [0.3, 0.4) is 0 Å². The van der Waals surface area contributed by atoms with Crippen molar-refractivity contribution in [2.24, 2.45) is 0 Å². The van der Waals surface area contributed by atoms with E-state index < -0.39 is 0 Å². The Morgan fingerprint density at radius 3 is 2.69 bits per heavy atom. The molecule has 0 aliphatic heterocycles. The highest BCUT2D eigenvalue weighted by Gasteiger charge is 1.99. The van der Waals surface area contributed by atoms with Gasteiger partial charge in [-0.15, -0.1) is 0 Å². The van der Waals surface area contributed by atoms with Crippen LogP contribution in [0.15, 0.2) is 24.3 Å². The van der Waals surface area contributed by atoms with Gasteiger partial charge in [0, 0.05) is 19.2 Å². The summed E-state index contributed by atoms with van der Waals surface area (Å²) in [6.45, 7) is 1.32. The van der Waals surface area contributed by atoms with Gasteiger partial charge in [0.2, 0.25) is 0 Å². The van der Waals surface area contributed by atoms with Gasteiger partial charge in [0.15, 0.2) is 0 Å². The minimum atomic E-state index is 0.554. The molecule has 0 unspecified atom stereocenters. The molecule has 0 saturated carbocycles. The molecule has 0 bridgehead atoms. The van der Waals surface area contributed by atoms with E-state index >= 15 is 0 Å². The summed E-state index contributed by atoms with van der Waals surface area (Å²) in [5.74, 6) is 0.908. The van der Waals surface area contributed by atoms with Crippen LogP contribution < -0.4 is 10.1 Å². The van der Waals surface area contributed by atoms with Crippen LogP contribution in [0.1, 0.15) is 5.56 Å². The quantitative estimate of drug-likeness (QED) is 0.550. The highest BCUT2D eigenvalue weighted by Crippen LogP contribution is 2.16. The molecular weight excluding hydrogens is 166 g/mol. The first kappa shape index (κ1) is 10.0. The molecule has 0 saturated heterocycles. The monoisotopic (exact) mass is 181 g/mol. The van der Waals surface area contributed by atoms with E-state index in [0.717, 1.165) is 17.9 Å². The van der Waals surface area contributed by atoms with Crippen LogP contribution in [0.5, 0.6) is 5.75 Å². The fraction of sp³-hybridized carbons (Fsp3) is 0.400. The zero-order chi connectivity index (χ0) is 9.52. The second kappa shape index (κ2) is 5.56. The van der Waals surface area contributed by atoms with Gasteiger partial charge >= 0.3 is 0 Å². The van der Waals surface area contributed by atoms with Gasteiger partial charge < -0.3 is 9.47 Å². The Morgan fingerprint density at radius 1 is 1.23 bits per heavy atom. The summed E-state index contributed by atoms with van der Waals surface area (Å²) in [5, 5.41) is 3.12. The van der Waals surface area contributed by atoms with Crippen LogP contribution in [0.4, 0.5) is 0 Å². The molecular formula is C10H15NO2. The van der Waals surface area contributed by atoms with Crippen LogP contribution in [-0.4, -0.2) is 21.0 Å². The van der Waals surface area contributed by atoms with E-state index in [9.17, 15) is 0 Å². The van der Waals surface area contributed by atoms with Crippen LogP contribution in [0.25, 0.3) is 0 Å². The number of methoxy groups -OCH3 is 2. The summed E-state index contributed by atoms with van der Waals surface area (Å²) in [4.78, 5) is 0. The lowest BCUT2D eigenvalue weighted by Crippen LogP contribution is -2.16. The van der Waals surface area contributed by atoms with Gasteiger partial charge in [-0.05, 0) is 6.07 Å². The summed E-state index contributed by atoms with van der Waals surface area (Å²) in [5.41, 5.74) is 1.14. The van der Waals surface area contributed by atoms with Crippen LogP contribution in [-0.2, 0) is 11.3 Å². The molecule has 1 rings (SSSR count).